The van der Waals surface area contributed by atoms with Crippen molar-refractivity contribution in [1.82, 2.24) is 15.5 Å². The summed E-state index contributed by atoms with van der Waals surface area (Å²) in [5.41, 5.74) is 4.56. The number of halogens is 1. The number of para-hydroxylation sites is 1. The fraction of sp³-hybridized carbons (Fsp3) is 0.308. The van der Waals surface area contributed by atoms with E-state index in [0.717, 1.165) is 36.5 Å². The van der Waals surface area contributed by atoms with Crippen LogP contribution < -0.4 is 10.1 Å². The van der Waals surface area contributed by atoms with Crippen LogP contribution in [0.3, 0.4) is 0 Å². The van der Waals surface area contributed by atoms with E-state index in [2.05, 4.69) is 15.5 Å². The van der Waals surface area contributed by atoms with Crippen molar-refractivity contribution in [3.05, 3.63) is 35.5 Å². The van der Waals surface area contributed by atoms with Crippen LogP contribution in [0.25, 0.3) is 11.3 Å². The molecule has 1 aliphatic rings. The van der Waals surface area contributed by atoms with Gasteiger partial charge in [-0.25, -0.2) is 0 Å². The molecule has 96 valence electrons. The summed E-state index contributed by atoms with van der Waals surface area (Å²) < 4.78 is 5.39. The van der Waals surface area contributed by atoms with E-state index in [-0.39, 0.29) is 12.4 Å². The van der Waals surface area contributed by atoms with Crippen LogP contribution in [0.5, 0.6) is 5.75 Å². The lowest BCUT2D eigenvalue weighted by Gasteiger charge is -2.14. The zero-order valence-electron chi connectivity index (χ0n) is 10.2. The van der Waals surface area contributed by atoms with Crippen molar-refractivity contribution < 1.29 is 4.74 Å². The van der Waals surface area contributed by atoms with Crippen LogP contribution in [0.15, 0.2) is 24.3 Å². The minimum atomic E-state index is 0. The number of ether oxygens (including phenoxy) is 1. The van der Waals surface area contributed by atoms with Crippen LogP contribution >= 0.6 is 12.4 Å². The molecule has 1 aromatic carbocycles. The number of hydrogen-bond acceptors (Lipinski definition) is 3. The number of H-pyrrole nitrogens is 1. The van der Waals surface area contributed by atoms with Crippen molar-refractivity contribution in [3.63, 3.8) is 0 Å². The molecule has 0 bridgehead atoms. The van der Waals surface area contributed by atoms with Gasteiger partial charge in [-0.1, -0.05) is 12.1 Å². The molecule has 2 N–H and O–H groups in total. The Bertz CT molecular complexity index is 539. The topological polar surface area (TPSA) is 49.9 Å². The van der Waals surface area contributed by atoms with Gasteiger partial charge in [0.25, 0.3) is 0 Å². The summed E-state index contributed by atoms with van der Waals surface area (Å²) in [5, 5.41) is 10.9. The summed E-state index contributed by atoms with van der Waals surface area (Å²) >= 11 is 0. The van der Waals surface area contributed by atoms with Crippen LogP contribution in [0, 0.1) is 0 Å². The van der Waals surface area contributed by atoms with Gasteiger partial charge in [-0.15, -0.1) is 12.4 Å². The number of methoxy groups -OCH3 is 1. The zero-order chi connectivity index (χ0) is 11.7. The molecule has 18 heavy (non-hydrogen) atoms. The van der Waals surface area contributed by atoms with Crippen LogP contribution in [0.2, 0.25) is 0 Å². The van der Waals surface area contributed by atoms with Crippen LogP contribution in [-0.2, 0) is 13.0 Å². The standard InChI is InChI=1S/C13H15N3O.ClH/c1-17-12-5-3-2-4-9(12)13-10-8-14-7-6-11(10)15-16-13;/h2-5,14H,6-8H2,1H3,(H,15,16);1H. The Morgan fingerprint density at radius 3 is 2.94 bits per heavy atom. The molecule has 1 aromatic heterocycles. The largest absolute Gasteiger partial charge is 0.496 e. The average molecular weight is 266 g/mol. The SMILES string of the molecule is COc1ccccc1-c1n[nH]c2c1CNCC2.Cl. The van der Waals surface area contributed by atoms with E-state index >= 15 is 0 Å². The zero-order valence-corrected chi connectivity index (χ0v) is 11.0. The molecule has 0 saturated heterocycles. The molecular weight excluding hydrogens is 250 g/mol. The highest BCUT2D eigenvalue weighted by Gasteiger charge is 2.19. The van der Waals surface area contributed by atoms with Gasteiger partial charge < -0.3 is 10.1 Å². The molecule has 5 heteroatoms. The third-order valence-corrected chi connectivity index (χ3v) is 3.17. The van der Waals surface area contributed by atoms with Crippen LogP contribution in [0.1, 0.15) is 11.3 Å². The molecule has 2 heterocycles. The van der Waals surface area contributed by atoms with Gasteiger partial charge in [-0.2, -0.15) is 5.10 Å². The molecule has 0 spiro atoms. The van der Waals surface area contributed by atoms with Crippen LogP contribution in [-0.4, -0.2) is 23.9 Å². The fourth-order valence-corrected chi connectivity index (χ4v) is 2.29. The van der Waals surface area contributed by atoms with Crippen molar-refractivity contribution in [2.24, 2.45) is 0 Å². The Morgan fingerprint density at radius 1 is 1.28 bits per heavy atom. The van der Waals surface area contributed by atoms with Gasteiger partial charge in [0.05, 0.1) is 7.11 Å². The molecular formula is C13H16ClN3O. The highest BCUT2D eigenvalue weighted by atomic mass is 35.5. The lowest BCUT2D eigenvalue weighted by atomic mass is 10.0. The predicted octanol–water partition coefficient (Wildman–Crippen LogP) is 2.15. The van der Waals surface area contributed by atoms with E-state index in [4.69, 9.17) is 4.74 Å². The molecule has 3 rings (SSSR count). The van der Waals surface area contributed by atoms with E-state index in [9.17, 15) is 0 Å². The first-order valence-electron chi connectivity index (χ1n) is 5.80. The second-order valence-corrected chi connectivity index (χ2v) is 4.16. The quantitative estimate of drug-likeness (QED) is 0.875. The van der Waals surface area contributed by atoms with Crippen molar-refractivity contribution in [3.8, 4) is 17.0 Å². The number of aromatic nitrogens is 2. The number of benzene rings is 1. The van der Waals surface area contributed by atoms with Gasteiger partial charge in [-0.3, -0.25) is 5.10 Å². The monoisotopic (exact) mass is 265 g/mol. The first kappa shape index (κ1) is 12.9. The van der Waals surface area contributed by atoms with Crippen molar-refractivity contribution in [2.75, 3.05) is 13.7 Å². The highest BCUT2D eigenvalue weighted by molar-refractivity contribution is 5.85. The second kappa shape index (κ2) is 5.42. The first-order chi connectivity index (χ1) is 8.40. The Balaban J connectivity index is 0.00000120. The number of rotatable bonds is 2. The number of hydrogen-bond donors (Lipinski definition) is 2. The summed E-state index contributed by atoms with van der Waals surface area (Å²) in [7, 11) is 1.69. The molecule has 0 aliphatic carbocycles. The molecule has 0 saturated carbocycles. The number of fused-ring (bicyclic) bond motifs is 1. The maximum Gasteiger partial charge on any atom is 0.128 e. The van der Waals surface area contributed by atoms with Crippen molar-refractivity contribution >= 4 is 12.4 Å². The summed E-state index contributed by atoms with van der Waals surface area (Å²) in [6, 6.07) is 7.99. The maximum atomic E-state index is 5.39. The minimum absolute atomic E-state index is 0. The lowest BCUT2D eigenvalue weighted by molar-refractivity contribution is 0.416. The maximum absolute atomic E-state index is 5.39. The van der Waals surface area contributed by atoms with Crippen molar-refractivity contribution in [1.29, 1.82) is 0 Å². The van der Waals surface area contributed by atoms with Crippen molar-refractivity contribution in [2.45, 2.75) is 13.0 Å². The molecule has 0 atom stereocenters. The third kappa shape index (κ3) is 2.09. The molecule has 1 aliphatic heterocycles. The predicted molar refractivity (Wildman–Crippen MR) is 73.2 cm³/mol. The van der Waals surface area contributed by atoms with Gasteiger partial charge in [-0.05, 0) is 12.1 Å². The van der Waals surface area contributed by atoms with E-state index in [1.165, 1.54) is 11.3 Å². The van der Waals surface area contributed by atoms with Gasteiger partial charge in [0.1, 0.15) is 11.4 Å². The highest BCUT2D eigenvalue weighted by Crippen LogP contribution is 2.32. The fourth-order valence-electron chi connectivity index (χ4n) is 2.29. The second-order valence-electron chi connectivity index (χ2n) is 4.16. The third-order valence-electron chi connectivity index (χ3n) is 3.17. The Hall–Kier alpha value is -1.52. The summed E-state index contributed by atoms with van der Waals surface area (Å²) in [5.74, 6) is 0.868. The average Bonchev–Trinajstić information content (AvgIpc) is 2.82. The smallest absolute Gasteiger partial charge is 0.128 e. The molecule has 0 fully saturated rings. The van der Waals surface area contributed by atoms with Gasteiger partial charge in [0.15, 0.2) is 0 Å². The van der Waals surface area contributed by atoms with E-state index in [1.807, 2.05) is 24.3 Å². The molecule has 0 unspecified atom stereocenters. The van der Waals surface area contributed by atoms with E-state index in [0.29, 0.717) is 0 Å². The lowest BCUT2D eigenvalue weighted by Crippen LogP contribution is -2.23. The van der Waals surface area contributed by atoms with Gasteiger partial charge in [0.2, 0.25) is 0 Å². The number of aromatic amines is 1. The number of nitrogens with one attached hydrogen (secondary N) is 2. The Morgan fingerprint density at radius 2 is 2.11 bits per heavy atom. The summed E-state index contributed by atoms with van der Waals surface area (Å²) in [4.78, 5) is 0. The normalized spacial score (nSPS) is 13.6. The van der Waals surface area contributed by atoms with Gasteiger partial charge in [0, 0.05) is 36.3 Å². The van der Waals surface area contributed by atoms with Gasteiger partial charge >= 0.3 is 0 Å². The Kier molecular flexibility index (Phi) is 3.89. The molecule has 2 aromatic rings. The first-order valence-corrected chi connectivity index (χ1v) is 5.80. The molecule has 0 amide bonds. The summed E-state index contributed by atoms with van der Waals surface area (Å²) in [6.07, 6.45) is 1.01. The van der Waals surface area contributed by atoms with E-state index < -0.39 is 0 Å². The minimum Gasteiger partial charge on any atom is -0.496 e. The number of nitrogens with zero attached hydrogens (tertiary/aromatic N) is 1. The van der Waals surface area contributed by atoms with E-state index in [1.54, 1.807) is 7.11 Å². The van der Waals surface area contributed by atoms with Crippen LogP contribution in [0.4, 0.5) is 0 Å². The summed E-state index contributed by atoms with van der Waals surface area (Å²) in [6.45, 7) is 1.89. The molecule has 4 nitrogen and oxygen atoms in total. The molecule has 0 radical (unpaired) electrons. The Labute approximate surface area is 112 Å².